The molecule has 0 bridgehead atoms. The summed E-state index contributed by atoms with van der Waals surface area (Å²) in [5.41, 5.74) is 0.138. The number of nitrogens with zero attached hydrogens (tertiary/aromatic N) is 1. The highest BCUT2D eigenvalue weighted by atomic mass is 16.5. The third-order valence-corrected chi connectivity index (χ3v) is 4.13. The molecule has 2 heterocycles. The highest BCUT2D eigenvalue weighted by Crippen LogP contribution is 2.30. The summed E-state index contributed by atoms with van der Waals surface area (Å²) in [7, 11) is 0. The first-order valence-corrected chi connectivity index (χ1v) is 7.38. The molecule has 19 heavy (non-hydrogen) atoms. The Balaban J connectivity index is 1.85. The number of aliphatic hydroxyl groups is 2. The predicted molar refractivity (Wildman–Crippen MR) is 74.0 cm³/mol. The normalized spacial score (nSPS) is 36.5. The van der Waals surface area contributed by atoms with E-state index in [2.05, 4.69) is 24.1 Å². The second-order valence-corrected chi connectivity index (χ2v) is 6.66. The van der Waals surface area contributed by atoms with E-state index in [1.54, 1.807) is 0 Å². The second-order valence-electron chi connectivity index (χ2n) is 6.66. The maximum Gasteiger partial charge on any atom is 0.0938 e. The Hall–Kier alpha value is -0.200. The third kappa shape index (κ3) is 4.13. The fourth-order valence-electron chi connectivity index (χ4n) is 3.05. The average molecular weight is 272 g/mol. The van der Waals surface area contributed by atoms with Crippen LogP contribution in [0.25, 0.3) is 0 Å². The van der Waals surface area contributed by atoms with Gasteiger partial charge < -0.3 is 20.3 Å². The van der Waals surface area contributed by atoms with Crippen LogP contribution in [0.4, 0.5) is 0 Å². The number of rotatable bonds is 6. The van der Waals surface area contributed by atoms with Gasteiger partial charge in [0.25, 0.3) is 0 Å². The van der Waals surface area contributed by atoms with Crippen molar-refractivity contribution in [3.8, 4) is 0 Å². The van der Waals surface area contributed by atoms with Crippen LogP contribution in [0.3, 0.4) is 0 Å². The smallest absolute Gasteiger partial charge is 0.0938 e. The Morgan fingerprint density at radius 2 is 2.00 bits per heavy atom. The van der Waals surface area contributed by atoms with Crippen molar-refractivity contribution in [3.63, 3.8) is 0 Å². The lowest BCUT2D eigenvalue weighted by Crippen LogP contribution is -2.45. The molecule has 2 fully saturated rings. The Morgan fingerprint density at radius 3 is 2.53 bits per heavy atom. The van der Waals surface area contributed by atoms with Gasteiger partial charge in [-0.05, 0) is 18.9 Å². The fraction of sp³-hybridized carbons (Fsp3) is 1.00. The van der Waals surface area contributed by atoms with E-state index in [0.29, 0.717) is 19.0 Å². The molecule has 0 radical (unpaired) electrons. The quantitative estimate of drug-likeness (QED) is 0.618. The molecule has 2 saturated heterocycles. The number of β-amino-alcohol motifs (C(OH)–C–C–N with tert-alkyl or cyclic N) is 2. The molecule has 0 aromatic carbocycles. The van der Waals surface area contributed by atoms with Crippen LogP contribution in [0.1, 0.15) is 20.3 Å². The SMILES string of the molecule is CC(C)CNCC1(CN2CC(O)C(O)C2)CCOC1. The van der Waals surface area contributed by atoms with Gasteiger partial charge in [-0.3, -0.25) is 4.90 Å². The van der Waals surface area contributed by atoms with E-state index in [1.165, 1.54) is 0 Å². The van der Waals surface area contributed by atoms with E-state index < -0.39 is 12.2 Å². The van der Waals surface area contributed by atoms with Gasteiger partial charge in [0.2, 0.25) is 0 Å². The average Bonchev–Trinajstić information content (AvgIpc) is 2.88. The van der Waals surface area contributed by atoms with Crippen LogP contribution < -0.4 is 5.32 Å². The first-order valence-electron chi connectivity index (χ1n) is 7.38. The molecule has 3 N–H and O–H groups in total. The number of likely N-dealkylation sites (tertiary alicyclic amines) is 1. The van der Waals surface area contributed by atoms with Crippen molar-refractivity contribution in [1.29, 1.82) is 0 Å². The lowest BCUT2D eigenvalue weighted by Gasteiger charge is -2.32. The predicted octanol–water partition coefficient (Wildman–Crippen LogP) is -0.324. The summed E-state index contributed by atoms with van der Waals surface area (Å²) in [4.78, 5) is 2.17. The van der Waals surface area contributed by atoms with Crippen LogP contribution in [-0.4, -0.2) is 73.3 Å². The molecule has 0 saturated carbocycles. The number of hydrogen-bond acceptors (Lipinski definition) is 5. The molecule has 0 aliphatic carbocycles. The fourth-order valence-corrected chi connectivity index (χ4v) is 3.05. The van der Waals surface area contributed by atoms with Gasteiger partial charge in [0, 0.05) is 38.2 Å². The molecule has 2 aliphatic heterocycles. The maximum atomic E-state index is 9.64. The maximum absolute atomic E-state index is 9.64. The summed E-state index contributed by atoms with van der Waals surface area (Å²) < 4.78 is 5.59. The summed E-state index contributed by atoms with van der Waals surface area (Å²) in [6, 6.07) is 0. The van der Waals surface area contributed by atoms with Gasteiger partial charge in [-0.1, -0.05) is 13.8 Å². The largest absolute Gasteiger partial charge is 0.389 e. The van der Waals surface area contributed by atoms with Gasteiger partial charge >= 0.3 is 0 Å². The van der Waals surface area contributed by atoms with Crippen molar-refractivity contribution < 1.29 is 14.9 Å². The molecule has 3 atom stereocenters. The Labute approximate surface area is 115 Å². The molecule has 0 amide bonds. The van der Waals surface area contributed by atoms with E-state index in [9.17, 15) is 10.2 Å². The number of ether oxygens (including phenoxy) is 1. The molecule has 5 nitrogen and oxygen atoms in total. The lowest BCUT2D eigenvalue weighted by atomic mass is 9.86. The van der Waals surface area contributed by atoms with Crippen molar-refractivity contribution in [1.82, 2.24) is 10.2 Å². The summed E-state index contributed by atoms with van der Waals surface area (Å²) >= 11 is 0. The highest BCUT2D eigenvalue weighted by molar-refractivity contribution is 4.92. The van der Waals surface area contributed by atoms with Crippen molar-refractivity contribution in [2.45, 2.75) is 32.5 Å². The Kier molecular flexibility index (Phi) is 5.20. The molecule has 0 aromatic heterocycles. The standard InChI is InChI=1S/C14H28N2O3/c1-11(2)5-15-8-14(3-4-19-10-14)9-16-6-12(17)13(18)7-16/h11-13,15,17-18H,3-10H2,1-2H3. The molecule has 2 aliphatic rings. The lowest BCUT2D eigenvalue weighted by molar-refractivity contribution is 0.0572. The van der Waals surface area contributed by atoms with Crippen molar-refractivity contribution in [2.24, 2.45) is 11.3 Å². The van der Waals surface area contributed by atoms with E-state index in [0.717, 1.165) is 39.3 Å². The van der Waals surface area contributed by atoms with E-state index in [4.69, 9.17) is 4.74 Å². The molecular formula is C14H28N2O3. The summed E-state index contributed by atoms with van der Waals surface area (Å²) in [5, 5.41) is 22.8. The van der Waals surface area contributed by atoms with Gasteiger partial charge in [-0.25, -0.2) is 0 Å². The van der Waals surface area contributed by atoms with Gasteiger partial charge in [0.05, 0.1) is 18.8 Å². The number of hydrogen-bond donors (Lipinski definition) is 3. The van der Waals surface area contributed by atoms with Gasteiger partial charge in [0.15, 0.2) is 0 Å². The van der Waals surface area contributed by atoms with E-state index in [-0.39, 0.29) is 5.41 Å². The summed E-state index contributed by atoms with van der Waals surface area (Å²) in [5.74, 6) is 0.648. The highest BCUT2D eigenvalue weighted by Gasteiger charge is 2.39. The molecule has 5 heteroatoms. The number of aliphatic hydroxyl groups excluding tert-OH is 2. The number of nitrogens with one attached hydrogen (secondary N) is 1. The Morgan fingerprint density at radius 1 is 1.32 bits per heavy atom. The minimum absolute atomic E-state index is 0.138. The van der Waals surface area contributed by atoms with Crippen LogP contribution in [0.2, 0.25) is 0 Å². The van der Waals surface area contributed by atoms with Gasteiger partial charge in [-0.15, -0.1) is 0 Å². The molecule has 2 rings (SSSR count). The topological polar surface area (TPSA) is 65.0 Å². The zero-order valence-electron chi connectivity index (χ0n) is 12.1. The van der Waals surface area contributed by atoms with Crippen molar-refractivity contribution in [3.05, 3.63) is 0 Å². The molecular weight excluding hydrogens is 244 g/mol. The Bertz CT molecular complexity index is 270. The third-order valence-electron chi connectivity index (χ3n) is 4.13. The van der Waals surface area contributed by atoms with E-state index >= 15 is 0 Å². The van der Waals surface area contributed by atoms with Crippen LogP contribution in [0.5, 0.6) is 0 Å². The summed E-state index contributed by atoms with van der Waals surface area (Å²) in [6.45, 7) is 10.0. The first-order chi connectivity index (χ1) is 9.01. The zero-order chi connectivity index (χ0) is 13.9. The van der Waals surface area contributed by atoms with Crippen LogP contribution >= 0.6 is 0 Å². The van der Waals surface area contributed by atoms with E-state index in [1.807, 2.05) is 0 Å². The zero-order valence-corrected chi connectivity index (χ0v) is 12.1. The van der Waals surface area contributed by atoms with Gasteiger partial charge in [0.1, 0.15) is 0 Å². The minimum atomic E-state index is -0.594. The van der Waals surface area contributed by atoms with Crippen LogP contribution in [0.15, 0.2) is 0 Å². The van der Waals surface area contributed by atoms with Crippen molar-refractivity contribution >= 4 is 0 Å². The van der Waals surface area contributed by atoms with Gasteiger partial charge in [-0.2, -0.15) is 0 Å². The second kappa shape index (κ2) is 6.50. The van der Waals surface area contributed by atoms with Crippen LogP contribution in [-0.2, 0) is 4.74 Å². The molecule has 0 aromatic rings. The molecule has 3 unspecified atom stereocenters. The summed E-state index contributed by atoms with van der Waals surface area (Å²) in [6.07, 6.45) is -0.133. The first kappa shape index (κ1) is 15.2. The molecule has 112 valence electrons. The monoisotopic (exact) mass is 272 g/mol. The van der Waals surface area contributed by atoms with Crippen LogP contribution in [0, 0.1) is 11.3 Å². The molecule has 0 spiro atoms. The van der Waals surface area contributed by atoms with Crippen molar-refractivity contribution in [2.75, 3.05) is 45.9 Å². The minimum Gasteiger partial charge on any atom is -0.389 e.